The maximum atomic E-state index is 9.21. The maximum Gasteiger partial charge on any atom is 0.0641 e. The van der Waals surface area contributed by atoms with E-state index in [9.17, 15) is 5.11 Å². The van der Waals surface area contributed by atoms with Crippen molar-refractivity contribution in [2.45, 2.75) is 52.9 Å². The average molecular weight is 220 g/mol. The van der Waals surface area contributed by atoms with Gasteiger partial charge in [-0.1, -0.05) is 28.9 Å². The van der Waals surface area contributed by atoms with E-state index in [1.54, 1.807) is 0 Å². The Labute approximate surface area is 99.6 Å². The molecule has 0 radical (unpaired) electrons. The first kappa shape index (κ1) is 13.2. The minimum atomic E-state index is 0.199. The van der Waals surface area contributed by atoms with Gasteiger partial charge in [-0.15, -0.1) is 0 Å². The van der Waals surface area contributed by atoms with Crippen LogP contribution in [-0.4, -0.2) is 11.7 Å². The van der Waals surface area contributed by atoms with Crippen LogP contribution in [0.2, 0.25) is 0 Å². The molecular formula is C15H24O. The Morgan fingerprint density at radius 1 is 1.12 bits per heavy atom. The quantitative estimate of drug-likeness (QED) is 0.658. The van der Waals surface area contributed by atoms with Crippen LogP contribution in [0, 0.1) is 0 Å². The highest BCUT2D eigenvalue weighted by Crippen LogP contribution is 2.22. The summed E-state index contributed by atoms with van der Waals surface area (Å²) in [7, 11) is 0. The van der Waals surface area contributed by atoms with Crippen molar-refractivity contribution in [2.75, 3.05) is 6.61 Å². The molecule has 0 unspecified atom stereocenters. The molecule has 90 valence electrons. The second kappa shape index (κ2) is 6.70. The predicted molar refractivity (Wildman–Crippen MR) is 70.4 cm³/mol. The van der Waals surface area contributed by atoms with Gasteiger partial charge >= 0.3 is 0 Å². The number of aliphatic hydroxyl groups excluding tert-OH is 1. The van der Waals surface area contributed by atoms with Crippen LogP contribution in [-0.2, 0) is 0 Å². The summed E-state index contributed by atoms with van der Waals surface area (Å²) in [5.41, 5.74) is 5.51. The van der Waals surface area contributed by atoms with Crippen LogP contribution in [0.1, 0.15) is 52.9 Å². The van der Waals surface area contributed by atoms with Gasteiger partial charge in [0.2, 0.25) is 0 Å². The van der Waals surface area contributed by atoms with Gasteiger partial charge in [-0.2, -0.15) is 0 Å². The molecule has 0 heterocycles. The second-order valence-corrected chi connectivity index (χ2v) is 4.89. The molecule has 0 fully saturated rings. The molecule has 0 aromatic rings. The first-order valence-electron chi connectivity index (χ1n) is 6.23. The topological polar surface area (TPSA) is 20.2 Å². The van der Waals surface area contributed by atoms with Crippen molar-refractivity contribution < 1.29 is 5.11 Å². The van der Waals surface area contributed by atoms with E-state index in [0.29, 0.717) is 0 Å². The SMILES string of the molecule is C/C1=C/CC/C(C)=C/C/C(=C(/C)CO)CC1. The number of hydrogen-bond donors (Lipinski definition) is 1. The van der Waals surface area contributed by atoms with Crippen molar-refractivity contribution in [3.05, 3.63) is 34.4 Å². The zero-order valence-electron chi connectivity index (χ0n) is 10.8. The fourth-order valence-electron chi connectivity index (χ4n) is 2.00. The Balaban J connectivity index is 2.83. The van der Waals surface area contributed by atoms with Crippen LogP contribution in [0.5, 0.6) is 0 Å². The molecule has 1 rings (SSSR count). The summed E-state index contributed by atoms with van der Waals surface area (Å²) >= 11 is 0. The van der Waals surface area contributed by atoms with Crippen LogP contribution in [0.15, 0.2) is 34.4 Å². The van der Waals surface area contributed by atoms with Gasteiger partial charge in [0, 0.05) is 0 Å². The third-order valence-electron chi connectivity index (χ3n) is 3.39. The largest absolute Gasteiger partial charge is 0.392 e. The highest BCUT2D eigenvalue weighted by Gasteiger charge is 2.04. The van der Waals surface area contributed by atoms with Crippen molar-refractivity contribution in [3.8, 4) is 0 Å². The summed E-state index contributed by atoms with van der Waals surface area (Å²) in [6.07, 6.45) is 10.3. The molecule has 0 aromatic heterocycles. The molecule has 1 aliphatic carbocycles. The molecule has 1 nitrogen and oxygen atoms in total. The molecule has 0 aromatic carbocycles. The molecule has 0 atom stereocenters. The van der Waals surface area contributed by atoms with E-state index in [1.165, 1.54) is 29.6 Å². The molecule has 0 spiro atoms. The lowest BCUT2D eigenvalue weighted by molar-refractivity contribution is 0.329. The lowest BCUT2D eigenvalue weighted by atomic mass is 9.95. The molecule has 0 amide bonds. The Morgan fingerprint density at radius 3 is 2.50 bits per heavy atom. The zero-order chi connectivity index (χ0) is 12.0. The fourth-order valence-corrected chi connectivity index (χ4v) is 2.00. The van der Waals surface area contributed by atoms with E-state index in [0.717, 1.165) is 24.8 Å². The monoisotopic (exact) mass is 220 g/mol. The third kappa shape index (κ3) is 4.36. The molecule has 1 N–H and O–H groups in total. The highest BCUT2D eigenvalue weighted by molar-refractivity contribution is 5.20. The van der Waals surface area contributed by atoms with Gasteiger partial charge in [0.1, 0.15) is 0 Å². The normalized spacial score (nSPS) is 28.8. The van der Waals surface area contributed by atoms with Crippen LogP contribution in [0.4, 0.5) is 0 Å². The first-order chi connectivity index (χ1) is 7.63. The molecule has 0 bridgehead atoms. The Bertz CT molecular complexity index is 318. The molecular weight excluding hydrogens is 196 g/mol. The van der Waals surface area contributed by atoms with Gasteiger partial charge in [-0.3, -0.25) is 0 Å². The molecule has 1 heteroatoms. The van der Waals surface area contributed by atoms with Crippen LogP contribution in [0.25, 0.3) is 0 Å². The van der Waals surface area contributed by atoms with Gasteiger partial charge in [0.25, 0.3) is 0 Å². The van der Waals surface area contributed by atoms with E-state index < -0.39 is 0 Å². The van der Waals surface area contributed by atoms with Crippen LogP contribution in [0.3, 0.4) is 0 Å². The van der Waals surface area contributed by atoms with E-state index in [4.69, 9.17) is 0 Å². The number of allylic oxidation sites excluding steroid dienone is 5. The van der Waals surface area contributed by atoms with Gasteiger partial charge in [0.05, 0.1) is 6.61 Å². The fraction of sp³-hybridized carbons (Fsp3) is 0.600. The van der Waals surface area contributed by atoms with Crippen molar-refractivity contribution in [3.63, 3.8) is 0 Å². The molecule has 16 heavy (non-hydrogen) atoms. The van der Waals surface area contributed by atoms with Gasteiger partial charge < -0.3 is 5.11 Å². The minimum absolute atomic E-state index is 0.199. The minimum Gasteiger partial charge on any atom is -0.392 e. The Hall–Kier alpha value is -0.820. The van der Waals surface area contributed by atoms with Crippen LogP contribution >= 0.6 is 0 Å². The third-order valence-corrected chi connectivity index (χ3v) is 3.39. The summed E-state index contributed by atoms with van der Waals surface area (Å²) in [6, 6.07) is 0. The van der Waals surface area contributed by atoms with E-state index in [2.05, 4.69) is 26.0 Å². The molecule has 0 saturated heterocycles. The Kier molecular flexibility index (Phi) is 5.54. The van der Waals surface area contributed by atoms with Crippen molar-refractivity contribution >= 4 is 0 Å². The van der Waals surface area contributed by atoms with E-state index >= 15 is 0 Å². The summed E-state index contributed by atoms with van der Waals surface area (Å²) < 4.78 is 0. The standard InChI is InChI=1S/C15H24O/c1-12-5-4-6-13(2)8-10-15(9-7-12)14(3)11-16/h5,8,16H,4,6-7,9-11H2,1-3H3/b12-5-,13-8+,15-14-. The maximum absolute atomic E-state index is 9.21. The second-order valence-electron chi connectivity index (χ2n) is 4.89. The van der Waals surface area contributed by atoms with Gasteiger partial charge in [-0.05, 0) is 58.4 Å². The van der Waals surface area contributed by atoms with Crippen molar-refractivity contribution in [2.24, 2.45) is 0 Å². The van der Waals surface area contributed by atoms with Gasteiger partial charge in [-0.25, -0.2) is 0 Å². The summed E-state index contributed by atoms with van der Waals surface area (Å²) in [5.74, 6) is 0. The number of aliphatic hydroxyl groups is 1. The smallest absolute Gasteiger partial charge is 0.0641 e. The number of rotatable bonds is 1. The lowest BCUT2D eigenvalue weighted by Crippen LogP contribution is -1.96. The van der Waals surface area contributed by atoms with Crippen molar-refractivity contribution in [1.82, 2.24) is 0 Å². The molecule has 1 aliphatic rings. The number of hydrogen-bond acceptors (Lipinski definition) is 1. The van der Waals surface area contributed by atoms with Gasteiger partial charge in [0.15, 0.2) is 0 Å². The van der Waals surface area contributed by atoms with E-state index in [-0.39, 0.29) is 6.61 Å². The highest BCUT2D eigenvalue weighted by atomic mass is 16.3. The lowest BCUT2D eigenvalue weighted by Gasteiger charge is -2.12. The predicted octanol–water partition coefficient (Wildman–Crippen LogP) is 4.15. The average Bonchev–Trinajstić information content (AvgIpc) is 2.28. The zero-order valence-corrected chi connectivity index (χ0v) is 10.8. The Morgan fingerprint density at radius 2 is 1.81 bits per heavy atom. The molecule has 0 saturated carbocycles. The van der Waals surface area contributed by atoms with Crippen LogP contribution < -0.4 is 0 Å². The summed E-state index contributed by atoms with van der Waals surface area (Å²) in [6.45, 7) is 6.66. The summed E-state index contributed by atoms with van der Waals surface area (Å²) in [4.78, 5) is 0. The van der Waals surface area contributed by atoms with E-state index in [1.807, 2.05) is 6.92 Å². The van der Waals surface area contributed by atoms with Crippen molar-refractivity contribution in [1.29, 1.82) is 0 Å². The molecule has 0 aliphatic heterocycles. The summed E-state index contributed by atoms with van der Waals surface area (Å²) in [5, 5.41) is 9.21. The first-order valence-corrected chi connectivity index (χ1v) is 6.23.